The highest BCUT2D eigenvalue weighted by Crippen LogP contribution is 2.00. The fraction of sp³-hybridized carbons (Fsp3) is 0.588. The molecule has 1 rings (SSSR count). The van der Waals surface area contributed by atoms with Crippen molar-refractivity contribution in [1.29, 1.82) is 0 Å². The second-order valence-electron chi connectivity index (χ2n) is 4.78. The molecule has 0 spiro atoms. The normalized spacial score (nSPS) is 11.2. The molecule has 2 N–H and O–H groups in total. The van der Waals surface area contributed by atoms with Gasteiger partial charge >= 0.3 is 5.97 Å². The van der Waals surface area contributed by atoms with Gasteiger partial charge in [-0.15, -0.1) is 0 Å². The molecule has 120 valence electrons. The van der Waals surface area contributed by atoms with E-state index in [0.29, 0.717) is 6.42 Å². The Morgan fingerprint density at radius 1 is 1.24 bits per heavy atom. The maximum atomic E-state index is 11.0. The molecular formula is C17H29NO3. The Bertz CT molecular complexity index is 354. The van der Waals surface area contributed by atoms with Gasteiger partial charge in [0.25, 0.3) is 0 Å². The van der Waals surface area contributed by atoms with E-state index < -0.39 is 0 Å². The Morgan fingerprint density at radius 2 is 1.90 bits per heavy atom. The molecule has 0 bridgehead atoms. The standard InChI is InChI=1S/C9H12.C8H17NO3/c1-2-6-9-7-4-3-5-8-9;1-3-5-9-7(4-6-10)8(11)12-2/h3-5,7-8H,2,6H2,1H3;7,9-10H,3-6H2,1-2H3. The molecule has 0 saturated heterocycles. The van der Waals surface area contributed by atoms with Crippen molar-refractivity contribution in [2.24, 2.45) is 0 Å². The number of carbonyl (C=O) groups excluding carboxylic acids is 1. The summed E-state index contributed by atoms with van der Waals surface area (Å²) in [4.78, 5) is 11.0. The van der Waals surface area contributed by atoms with E-state index in [1.165, 1.54) is 25.5 Å². The van der Waals surface area contributed by atoms with Crippen molar-refractivity contribution >= 4 is 5.97 Å². The Labute approximate surface area is 128 Å². The molecule has 0 aliphatic carbocycles. The van der Waals surface area contributed by atoms with E-state index in [-0.39, 0.29) is 18.6 Å². The van der Waals surface area contributed by atoms with Gasteiger partial charge in [0.15, 0.2) is 0 Å². The zero-order valence-electron chi connectivity index (χ0n) is 13.5. The van der Waals surface area contributed by atoms with Crippen molar-refractivity contribution in [3.8, 4) is 0 Å². The first-order chi connectivity index (χ1) is 10.2. The lowest BCUT2D eigenvalue weighted by atomic mass is 10.1. The van der Waals surface area contributed by atoms with Crippen LogP contribution in [0.5, 0.6) is 0 Å². The molecule has 1 aromatic carbocycles. The van der Waals surface area contributed by atoms with E-state index >= 15 is 0 Å². The molecule has 4 nitrogen and oxygen atoms in total. The zero-order chi connectivity index (χ0) is 15.9. The quantitative estimate of drug-likeness (QED) is 0.724. The summed E-state index contributed by atoms with van der Waals surface area (Å²) in [5, 5.41) is 11.6. The van der Waals surface area contributed by atoms with Gasteiger partial charge < -0.3 is 15.2 Å². The fourth-order valence-corrected chi connectivity index (χ4v) is 1.83. The maximum Gasteiger partial charge on any atom is 0.322 e. The highest BCUT2D eigenvalue weighted by atomic mass is 16.5. The summed E-state index contributed by atoms with van der Waals surface area (Å²) < 4.78 is 4.55. The SMILES string of the molecule is CCCNC(CCO)C(=O)OC.CCCc1ccccc1. The summed E-state index contributed by atoms with van der Waals surface area (Å²) in [6.45, 7) is 4.98. The first-order valence-corrected chi connectivity index (χ1v) is 7.65. The van der Waals surface area contributed by atoms with Gasteiger partial charge in [0.2, 0.25) is 0 Å². The second-order valence-corrected chi connectivity index (χ2v) is 4.78. The minimum absolute atomic E-state index is 0.00349. The maximum absolute atomic E-state index is 11.0. The third kappa shape index (κ3) is 10.0. The minimum Gasteiger partial charge on any atom is -0.468 e. The Hall–Kier alpha value is -1.39. The lowest BCUT2D eigenvalue weighted by molar-refractivity contribution is -0.143. The summed E-state index contributed by atoms with van der Waals surface area (Å²) in [5.41, 5.74) is 1.44. The molecule has 1 atom stereocenters. The molecular weight excluding hydrogens is 266 g/mol. The number of aliphatic hydroxyl groups is 1. The van der Waals surface area contributed by atoms with E-state index in [0.717, 1.165) is 13.0 Å². The molecule has 1 unspecified atom stereocenters. The number of aliphatic hydroxyl groups excluding tert-OH is 1. The summed E-state index contributed by atoms with van der Waals surface area (Å²) in [6, 6.07) is 10.2. The predicted octanol–water partition coefficient (Wildman–Crippen LogP) is 2.55. The molecule has 0 radical (unpaired) electrons. The van der Waals surface area contributed by atoms with Gasteiger partial charge in [0, 0.05) is 6.61 Å². The van der Waals surface area contributed by atoms with Gasteiger partial charge in [-0.2, -0.15) is 0 Å². The lowest BCUT2D eigenvalue weighted by Gasteiger charge is -2.14. The molecule has 0 heterocycles. The van der Waals surface area contributed by atoms with Gasteiger partial charge in [-0.25, -0.2) is 0 Å². The molecule has 0 amide bonds. The fourth-order valence-electron chi connectivity index (χ4n) is 1.83. The predicted molar refractivity (Wildman–Crippen MR) is 86.2 cm³/mol. The van der Waals surface area contributed by atoms with Gasteiger partial charge in [-0.05, 0) is 31.4 Å². The van der Waals surface area contributed by atoms with Crippen LogP contribution in [-0.4, -0.2) is 37.4 Å². The van der Waals surface area contributed by atoms with Crippen molar-refractivity contribution in [3.05, 3.63) is 35.9 Å². The summed E-state index contributed by atoms with van der Waals surface area (Å²) in [7, 11) is 1.35. The van der Waals surface area contributed by atoms with Gasteiger partial charge in [-0.3, -0.25) is 4.79 Å². The number of esters is 1. The highest BCUT2D eigenvalue weighted by Gasteiger charge is 2.16. The Kier molecular flexibility index (Phi) is 12.7. The molecule has 21 heavy (non-hydrogen) atoms. The number of benzene rings is 1. The average molecular weight is 295 g/mol. The Morgan fingerprint density at radius 3 is 2.38 bits per heavy atom. The van der Waals surface area contributed by atoms with Crippen LogP contribution in [0.1, 0.15) is 38.7 Å². The molecule has 0 saturated carbocycles. The van der Waals surface area contributed by atoms with Crippen LogP contribution in [0.4, 0.5) is 0 Å². The summed E-state index contributed by atoms with van der Waals surface area (Å²) in [5.74, 6) is -0.308. The van der Waals surface area contributed by atoms with Crippen molar-refractivity contribution in [1.82, 2.24) is 5.32 Å². The number of carbonyl (C=O) groups is 1. The molecule has 0 aliphatic heterocycles. The van der Waals surface area contributed by atoms with E-state index in [1.54, 1.807) is 0 Å². The number of rotatable bonds is 8. The largest absolute Gasteiger partial charge is 0.468 e. The van der Waals surface area contributed by atoms with Gasteiger partial charge in [-0.1, -0.05) is 50.6 Å². The van der Waals surface area contributed by atoms with Crippen LogP contribution in [0, 0.1) is 0 Å². The average Bonchev–Trinajstić information content (AvgIpc) is 2.52. The number of aryl methyl sites for hydroxylation is 1. The van der Waals surface area contributed by atoms with Crippen LogP contribution in [0.2, 0.25) is 0 Å². The molecule has 1 aromatic rings. The molecule has 0 fully saturated rings. The smallest absolute Gasteiger partial charge is 0.322 e. The second kappa shape index (κ2) is 13.6. The minimum atomic E-state index is -0.361. The lowest BCUT2D eigenvalue weighted by Crippen LogP contribution is -2.38. The van der Waals surface area contributed by atoms with Crippen molar-refractivity contribution < 1.29 is 14.6 Å². The van der Waals surface area contributed by atoms with E-state index in [4.69, 9.17) is 5.11 Å². The molecule has 4 heteroatoms. The first-order valence-electron chi connectivity index (χ1n) is 7.65. The van der Waals surface area contributed by atoms with Crippen LogP contribution in [0.15, 0.2) is 30.3 Å². The summed E-state index contributed by atoms with van der Waals surface area (Å²) >= 11 is 0. The number of methoxy groups -OCH3 is 1. The van der Waals surface area contributed by atoms with E-state index in [2.05, 4.69) is 47.3 Å². The van der Waals surface area contributed by atoms with Crippen LogP contribution in [0.25, 0.3) is 0 Å². The molecule has 0 aromatic heterocycles. The number of hydrogen-bond donors (Lipinski definition) is 2. The van der Waals surface area contributed by atoms with Crippen LogP contribution in [0.3, 0.4) is 0 Å². The zero-order valence-corrected chi connectivity index (χ0v) is 13.5. The molecule has 0 aliphatic rings. The Balaban J connectivity index is 0.000000394. The topological polar surface area (TPSA) is 58.6 Å². The number of nitrogens with one attached hydrogen (secondary N) is 1. The van der Waals surface area contributed by atoms with Crippen LogP contribution < -0.4 is 5.32 Å². The van der Waals surface area contributed by atoms with Gasteiger partial charge in [0.1, 0.15) is 6.04 Å². The van der Waals surface area contributed by atoms with E-state index in [1.807, 2.05) is 6.92 Å². The highest BCUT2D eigenvalue weighted by molar-refractivity contribution is 5.75. The number of hydrogen-bond acceptors (Lipinski definition) is 4. The van der Waals surface area contributed by atoms with Crippen molar-refractivity contribution in [2.75, 3.05) is 20.3 Å². The van der Waals surface area contributed by atoms with Gasteiger partial charge in [0.05, 0.1) is 7.11 Å². The third-order valence-corrected chi connectivity index (χ3v) is 2.93. The van der Waals surface area contributed by atoms with Crippen LogP contribution in [-0.2, 0) is 16.0 Å². The monoisotopic (exact) mass is 295 g/mol. The summed E-state index contributed by atoms with van der Waals surface area (Å²) in [6.07, 6.45) is 3.82. The van der Waals surface area contributed by atoms with E-state index in [9.17, 15) is 4.79 Å². The van der Waals surface area contributed by atoms with Crippen molar-refractivity contribution in [3.63, 3.8) is 0 Å². The number of ether oxygens (including phenoxy) is 1. The third-order valence-electron chi connectivity index (χ3n) is 2.93. The van der Waals surface area contributed by atoms with Crippen molar-refractivity contribution in [2.45, 2.75) is 45.6 Å². The first kappa shape index (κ1) is 19.6. The van der Waals surface area contributed by atoms with Crippen LogP contribution >= 0.6 is 0 Å².